The summed E-state index contributed by atoms with van der Waals surface area (Å²) in [6.45, 7) is 3.08. The monoisotopic (exact) mass is 275 g/mol. The van der Waals surface area contributed by atoms with Crippen LogP contribution in [0.15, 0.2) is 12.4 Å². The highest BCUT2D eigenvalue weighted by atomic mass is 16.5. The second kappa shape index (κ2) is 6.53. The molecule has 1 N–H and O–H groups in total. The fourth-order valence-corrected chi connectivity index (χ4v) is 2.95. The van der Waals surface area contributed by atoms with Crippen LogP contribution in [-0.4, -0.2) is 22.1 Å². The first-order valence-corrected chi connectivity index (χ1v) is 8.04. The van der Waals surface area contributed by atoms with Gasteiger partial charge in [-0.2, -0.15) is 0 Å². The molecule has 2 aliphatic rings. The van der Waals surface area contributed by atoms with Crippen LogP contribution >= 0.6 is 0 Å². The summed E-state index contributed by atoms with van der Waals surface area (Å²) < 4.78 is 6.05. The van der Waals surface area contributed by atoms with Gasteiger partial charge in [0.1, 0.15) is 6.10 Å². The molecule has 2 unspecified atom stereocenters. The summed E-state index contributed by atoms with van der Waals surface area (Å²) in [5.74, 6) is 1.52. The smallest absolute Gasteiger partial charge is 0.232 e. The van der Waals surface area contributed by atoms with Crippen LogP contribution in [0.1, 0.15) is 57.6 Å². The number of aromatic nitrogens is 2. The zero-order chi connectivity index (χ0) is 13.8. The first kappa shape index (κ1) is 13.8. The first-order valence-electron chi connectivity index (χ1n) is 8.04. The summed E-state index contributed by atoms with van der Waals surface area (Å²) >= 11 is 0. The highest BCUT2D eigenvalue weighted by Gasteiger charge is 2.23. The van der Waals surface area contributed by atoms with Crippen molar-refractivity contribution in [2.45, 2.75) is 70.6 Å². The van der Waals surface area contributed by atoms with E-state index in [-0.39, 0.29) is 0 Å². The molecule has 0 saturated heterocycles. The molecule has 110 valence electrons. The van der Waals surface area contributed by atoms with Crippen LogP contribution in [-0.2, 0) is 6.54 Å². The Kier molecular flexibility index (Phi) is 4.51. The minimum atomic E-state index is 0.328. The molecule has 1 aromatic heterocycles. The van der Waals surface area contributed by atoms with Crippen LogP contribution in [0.5, 0.6) is 5.88 Å². The molecule has 2 aliphatic carbocycles. The Morgan fingerprint density at radius 2 is 2.15 bits per heavy atom. The standard InChI is InChI=1S/C16H25N3O/c1-2-12-4-3-5-15(8-12)20-16-11-17-9-14(19-16)10-18-13-6-7-13/h9,11-13,15,18H,2-8,10H2,1H3. The topological polar surface area (TPSA) is 47.0 Å². The highest BCUT2D eigenvalue weighted by molar-refractivity contribution is 5.09. The largest absolute Gasteiger partial charge is 0.473 e. The molecule has 1 aromatic rings. The van der Waals surface area contributed by atoms with E-state index >= 15 is 0 Å². The predicted octanol–water partition coefficient (Wildman–Crippen LogP) is 3.08. The van der Waals surface area contributed by atoms with Crippen molar-refractivity contribution in [1.82, 2.24) is 15.3 Å². The molecule has 1 heterocycles. The molecule has 0 spiro atoms. The molecule has 3 rings (SSSR count). The Balaban J connectivity index is 1.54. The fraction of sp³-hybridized carbons (Fsp3) is 0.750. The Morgan fingerprint density at radius 1 is 1.25 bits per heavy atom. The second-order valence-corrected chi connectivity index (χ2v) is 6.18. The van der Waals surface area contributed by atoms with Crippen molar-refractivity contribution in [2.75, 3.05) is 0 Å². The molecule has 0 amide bonds. The second-order valence-electron chi connectivity index (χ2n) is 6.18. The van der Waals surface area contributed by atoms with E-state index in [0.29, 0.717) is 18.0 Å². The Bertz CT molecular complexity index is 433. The number of hydrogen-bond donors (Lipinski definition) is 1. The van der Waals surface area contributed by atoms with Gasteiger partial charge in [-0.1, -0.05) is 19.8 Å². The fourth-order valence-electron chi connectivity index (χ4n) is 2.95. The molecular formula is C16H25N3O. The van der Waals surface area contributed by atoms with Crippen molar-refractivity contribution < 1.29 is 4.74 Å². The third kappa shape index (κ3) is 3.92. The van der Waals surface area contributed by atoms with Crippen molar-refractivity contribution in [3.05, 3.63) is 18.1 Å². The quantitative estimate of drug-likeness (QED) is 0.866. The van der Waals surface area contributed by atoms with Gasteiger partial charge in [-0.3, -0.25) is 4.98 Å². The molecule has 4 nitrogen and oxygen atoms in total. The van der Waals surface area contributed by atoms with E-state index in [4.69, 9.17) is 4.74 Å². The van der Waals surface area contributed by atoms with Gasteiger partial charge in [-0.15, -0.1) is 0 Å². The molecular weight excluding hydrogens is 250 g/mol. The molecule has 2 fully saturated rings. The van der Waals surface area contributed by atoms with Gasteiger partial charge < -0.3 is 10.1 Å². The van der Waals surface area contributed by atoms with Crippen LogP contribution in [0.3, 0.4) is 0 Å². The van der Waals surface area contributed by atoms with E-state index in [0.717, 1.165) is 24.6 Å². The van der Waals surface area contributed by atoms with E-state index in [9.17, 15) is 0 Å². The van der Waals surface area contributed by atoms with Crippen LogP contribution in [0.2, 0.25) is 0 Å². The number of nitrogens with one attached hydrogen (secondary N) is 1. The van der Waals surface area contributed by atoms with Crippen molar-refractivity contribution >= 4 is 0 Å². The lowest BCUT2D eigenvalue weighted by Crippen LogP contribution is -2.25. The number of hydrogen-bond acceptors (Lipinski definition) is 4. The number of nitrogens with zero attached hydrogens (tertiary/aromatic N) is 2. The van der Waals surface area contributed by atoms with Crippen LogP contribution in [0, 0.1) is 5.92 Å². The van der Waals surface area contributed by atoms with Gasteiger partial charge in [0.05, 0.1) is 11.9 Å². The summed E-state index contributed by atoms with van der Waals surface area (Å²) in [6.07, 6.45) is 12.7. The van der Waals surface area contributed by atoms with Gasteiger partial charge in [-0.25, -0.2) is 4.98 Å². The maximum atomic E-state index is 6.05. The Hall–Kier alpha value is -1.16. The molecule has 0 radical (unpaired) electrons. The predicted molar refractivity (Wildman–Crippen MR) is 78.6 cm³/mol. The van der Waals surface area contributed by atoms with E-state index in [1.807, 2.05) is 6.20 Å². The molecule has 0 aromatic carbocycles. The van der Waals surface area contributed by atoms with E-state index < -0.39 is 0 Å². The SMILES string of the molecule is CCC1CCCC(Oc2cncc(CNC3CC3)n2)C1. The maximum Gasteiger partial charge on any atom is 0.232 e. The van der Waals surface area contributed by atoms with Gasteiger partial charge in [0.25, 0.3) is 0 Å². The zero-order valence-corrected chi connectivity index (χ0v) is 12.3. The third-order valence-corrected chi connectivity index (χ3v) is 4.41. The van der Waals surface area contributed by atoms with Gasteiger partial charge >= 0.3 is 0 Å². The van der Waals surface area contributed by atoms with Crippen molar-refractivity contribution in [3.63, 3.8) is 0 Å². The molecule has 2 atom stereocenters. The van der Waals surface area contributed by atoms with Gasteiger partial charge in [-0.05, 0) is 38.0 Å². The maximum absolute atomic E-state index is 6.05. The average molecular weight is 275 g/mol. The molecule has 2 saturated carbocycles. The van der Waals surface area contributed by atoms with Gasteiger partial charge in [0.15, 0.2) is 0 Å². The Morgan fingerprint density at radius 3 is 2.95 bits per heavy atom. The van der Waals surface area contributed by atoms with Crippen LogP contribution in [0.4, 0.5) is 0 Å². The Labute approximate surface area is 121 Å². The summed E-state index contributed by atoms with van der Waals surface area (Å²) in [5, 5.41) is 3.46. The number of rotatable bonds is 6. The van der Waals surface area contributed by atoms with Crippen molar-refractivity contribution in [2.24, 2.45) is 5.92 Å². The summed E-state index contributed by atoms with van der Waals surface area (Å²) in [4.78, 5) is 8.83. The first-order chi connectivity index (χ1) is 9.83. The summed E-state index contributed by atoms with van der Waals surface area (Å²) in [6, 6.07) is 0.699. The van der Waals surface area contributed by atoms with E-state index in [1.165, 1.54) is 38.5 Å². The van der Waals surface area contributed by atoms with Crippen molar-refractivity contribution in [3.8, 4) is 5.88 Å². The third-order valence-electron chi connectivity index (χ3n) is 4.41. The van der Waals surface area contributed by atoms with Gasteiger partial charge in [0, 0.05) is 18.8 Å². The summed E-state index contributed by atoms with van der Waals surface area (Å²) in [5.41, 5.74) is 0.984. The lowest BCUT2D eigenvalue weighted by atomic mass is 9.85. The van der Waals surface area contributed by atoms with E-state index in [2.05, 4.69) is 22.2 Å². The lowest BCUT2D eigenvalue weighted by Gasteiger charge is -2.28. The molecule has 20 heavy (non-hydrogen) atoms. The number of ether oxygens (including phenoxy) is 1. The minimum absolute atomic E-state index is 0.328. The normalized spacial score (nSPS) is 26.4. The van der Waals surface area contributed by atoms with Gasteiger partial charge in [0.2, 0.25) is 5.88 Å². The lowest BCUT2D eigenvalue weighted by molar-refractivity contribution is 0.116. The zero-order valence-electron chi connectivity index (χ0n) is 12.3. The molecule has 4 heteroatoms. The van der Waals surface area contributed by atoms with E-state index in [1.54, 1.807) is 6.20 Å². The summed E-state index contributed by atoms with van der Waals surface area (Å²) in [7, 11) is 0. The van der Waals surface area contributed by atoms with Crippen LogP contribution in [0.25, 0.3) is 0 Å². The van der Waals surface area contributed by atoms with Crippen LogP contribution < -0.4 is 10.1 Å². The molecule has 0 bridgehead atoms. The molecule has 0 aliphatic heterocycles. The van der Waals surface area contributed by atoms with Crippen molar-refractivity contribution in [1.29, 1.82) is 0 Å². The average Bonchev–Trinajstić information content (AvgIpc) is 3.30. The minimum Gasteiger partial charge on any atom is -0.473 e. The highest BCUT2D eigenvalue weighted by Crippen LogP contribution is 2.29.